The fraction of sp³-hybridized carbons (Fsp3) is 0.333. The number of rotatable bonds is 7. The van der Waals surface area contributed by atoms with E-state index in [0.29, 0.717) is 0 Å². The third-order valence-corrected chi connectivity index (χ3v) is 4.38. The first-order valence-electron chi connectivity index (χ1n) is 8.08. The van der Waals surface area contributed by atoms with Crippen LogP contribution in [0.4, 0.5) is 0 Å². The Labute approximate surface area is 141 Å². The van der Waals surface area contributed by atoms with Crippen molar-refractivity contribution in [2.24, 2.45) is 0 Å². The van der Waals surface area contributed by atoms with Crippen LogP contribution < -0.4 is 10.1 Å². The smallest absolute Gasteiger partial charge is 0.118 e. The second-order valence-electron chi connectivity index (χ2n) is 5.89. The normalized spacial score (nSPS) is 13.6. The third kappa shape index (κ3) is 3.49. The van der Waals surface area contributed by atoms with Gasteiger partial charge in [0.05, 0.1) is 25.0 Å². The van der Waals surface area contributed by atoms with Crippen LogP contribution in [0.2, 0.25) is 0 Å². The Morgan fingerprint density at radius 1 is 1.25 bits per heavy atom. The van der Waals surface area contributed by atoms with Gasteiger partial charge in [0.25, 0.3) is 0 Å². The molecule has 2 heterocycles. The van der Waals surface area contributed by atoms with E-state index in [9.17, 15) is 0 Å². The van der Waals surface area contributed by atoms with Gasteiger partial charge >= 0.3 is 0 Å². The number of benzene rings is 1. The lowest BCUT2D eigenvalue weighted by Gasteiger charge is -2.21. The molecule has 0 aliphatic carbocycles. The summed E-state index contributed by atoms with van der Waals surface area (Å²) in [6, 6.07) is 10.5. The molecule has 3 aromatic rings. The molecule has 0 aliphatic heterocycles. The van der Waals surface area contributed by atoms with Crippen molar-refractivity contribution >= 4 is 0 Å². The van der Waals surface area contributed by atoms with E-state index in [1.807, 2.05) is 47.4 Å². The molecule has 0 aliphatic rings. The zero-order valence-corrected chi connectivity index (χ0v) is 14.2. The van der Waals surface area contributed by atoms with Gasteiger partial charge in [-0.2, -0.15) is 10.2 Å². The third-order valence-electron chi connectivity index (χ3n) is 4.38. The molecule has 0 amide bonds. The molecule has 6 nitrogen and oxygen atoms in total. The number of methoxy groups -OCH3 is 1. The van der Waals surface area contributed by atoms with Crippen LogP contribution in [-0.4, -0.2) is 33.1 Å². The Morgan fingerprint density at radius 2 is 2.04 bits per heavy atom. The summed E-state index contributed by atoms with van der Waals surface area (Å²) in [6.45, 7) is 5.06. The molecule has 3 rings (SSSR count). The van der Waals surface area contributed by atoms with Crippen LogP contribution in [0.1, 0.15) is 25.5 Å². The van der Waals surface area contributed by atoms with Crippen molar-refractivity contribution < 1.29 is 4.74 Å². The summed E-state index contributed by atoms with van der Waals surface area (Å²) >= 11 is 0. The van der Waals surface area contributed by atoms with E-state index >= 15 is 0 Å². The molecule has 0 bridgehead atoms. The average molecular weight is 325 g/mol. The number of nitrogens with one attached hydrogen (secondary N) is 2. The predicted molar refractivity (Wildman–Crippen MR) is 93.8 cm³/mol. The van der Waals surface area contributed by atoms with Crippen LogP contribution in [0.3, 0.4) is 0 Å². The number of aromatic nitrogens is 4. The van der Waals surface area contributed by atoms with E-state index in [0.717, 1.165) is 29.1 Å². The summed E-state index contributed by atoms with van der Waals surface area (Å²) in [6.07, 6.45) is 5.67. The molecule has 0 fully saturated rings. The summed E-state index contributed by atoms with van der Waals surface area (Å²) in [4.78, 5) is 0. The van der Waals surface area contributed by atoms with Crippen molar-refractivity contribution in [1.82, 2.24) is 25.3 Å². The van der Waals surface area contributed by atoms with Crippen LogP contribution >= 0.6 is 0 Å². The molecule has 0 radical (unpaired) electrons. The summed E-state index contributed by atoms with van der Waals surface area (Å²) in [7, 11) is 1.67. The molecule has 24 heavy (non-hydrogen) atoms. The standard InChI is InChI=1S/C18H23N5O/c1-13(14(2)23-10-4-9-21-23)19-11-16-12-20-22-18(16)15-5-7-17(24-3)8-6-15/h4-10,12-14,19H,11H2,1-3H3,(H,20,22)/t13-,14-/m0/s1. The first-order chi connectivity index (χ1) is 11.7. The molecule has 0 spiro atoms. The Balaban J connectivity index is 1.67. The molecule has 0 saturated heterocycles. The van der Waals surface area contributed by atoms with Crippen LogP contribution in [0.5, 0.6) is 5.75 Å². The van der Waals surface area contributed by atoms with Crippen LogP contribution in [0.25, 0.3) is 11.3 Å². The van der Waals surface area contributed by atoms with Crippen molar-refractivity contribution in [2.75, 3.05) is 7.11 Å². The van der Waals surface area contributed by atoms with E-state index < -0.39 is 0 Å². The summed E-state index contributed by atoms with van der Waals surface area (Å²) in [5.74, 6) is 0.847. The van der Waals surface area contributed by atoms with Crippen LogP contribution in [0.15, 0.2) is 48.9 Å². The summed E-state index contributed by atoms with van der Waals surface area (Å²) in [5, 5.41) is 15.2. The minimum Gasteiger partial charge on any atom is -0.497 e. The van der Waals surface area contributed by atoms with E-state index in [4.69, 9.17) is 4.74 Å². The minimum atomic E-state index is 0.274. The first kappa shape index (κ1) is 16.3. The number of ether oxygens (including phenoxy) is 1. The Kier molecular flexibility index (Phi) is 4.96. The molecule has 0 saturated carbocycles. The molecular weight excluding hydrogens is 302 g/mol. The monoisotopic (exact) mass is 325 g/mol. The first-order valence-corrected chi connectivity index (χ1v) is 8.08. The van der Waals surface area contributed by atoms with Gasteiger partial charge < -0.3 is 10.1 Å². The van der Waals surface area contributed by atoms with Gasteiger partial charge in [-0.3, -0.25) is 9.78 Å². The average Bonchev–Trinajstić information content (AvgIpc) is 3.30. The highest BCUT2D eigenvalue weighted by Gasteiger charge is 2.15. The summed E-state index contributed by atoms with van der Waals surface area (Å²) < 4.78 is 7.18. The Morgan fingerprint density at radius 3 is 2.71 bits per heavy atom. The van der Waals surface area contributed by atoms with Gasteiger partial charge in [-0.1, -0.05) is 0 Å². The van der Waals surface area contributed by atoms with Crippen molar-refractivity contribution in [2.45, 2.75) is 32.5 Å². The van der Waals surface area contributed by atoms with Gasteiger partial charge in [0.2, 0.25) is 0 Å². The maximum Gasteiger partial charge on any atom is 0.118 e. The molecule has 2 N–H and O–H groups in total. The lowest BCUT2D eigenvalue weighted by Crippen LogP contribution is -2.33. The van der Waals surface area contributed by atoms with Crippen molar-refractivity contribution in [1.29, 1.82) is 0 Å². The molecule has 126 valence electrons. The Bertz CT molecular complexity index is 748. The topological polar surface area (TPSA) is 67.8 Å². The van der Waals surface area contributed by atoms with E-state index in [1.165, 1.54) is 0 Å². The largest absolute Gasteiger partial charge is 0.497 e. The fourth-order valence-corrected chi connectivity index (χ4v) is 2.64. The van der Waals surface area contributed by atoms with Crippen LogP contribution in [0, 0.1) is 0 Å². The number of nitrogens with zero attached hydrogens (tertiary/aromatic N) is 3. The highest BCUT2D eigenvalue weighted by Crippen LogP contribution is 2.24. The van der Waals surface area contributed by atoms with Gasteiger partial charge in [-0.05, 0) is 44.2 Å². The number of hydrogen-bond acceptors (Lipinski definition) is 4. The van der Waals surface area contributed by atoms with E-state index in [1.54, 1.807) is 13.3 Å². The van der Waals surface area contributed by atoms with Gasteiger partial charge in [0.15, 0.2) is 0 Å². The van der Waals surface area contributed by atoms with Gasteiger partial charge in [0, 0.05) is 36.1 Å². The summed E-state index contributed by atoms with van der Waals surface area (Å²) in [5.41, 5.74) is 3.27. The maximum atomic E-state index is 5.21. The lowest BCUT2D eigenvalue weighted by molar-refractivity contribution is 0.365. The zero-order valence-electron chi connectivity index (χ0n) is 14.2. The lowest BCUT2D eigenvalue weighted by atomic mass is 10.1. The SMILES string of the molecule is COc1ccc(-c2[nH]ncc2CN[C@@H](C)[C@H](C)n2cccn2)cc1. The van der Waals surface area contributed by atoms with Crippen LogP contribution in [-0.2, 0) is 6.54 Å². The molecule has 6 heteroatoms. The van der Waals surface area contributed by atoms with Gasteiger partial charge in [0.1, 0.15) is 5.75 Å². The number of H-pyrrole nitrogens is 1. The number of hydrogen-bond donors (Lipinski definition) is 2. The van der Waals surface area contributed by atoms with E-state index in [2.05, 4.69) is 34.5 Å². The van der Waals surface area contributed by atoms with Gasteiger partial charge in [-0.15, -0.1) is 0 Å². The molecule has 2 aromatic heterocycles. The maximum absolute atomic E-state index is 5.21. The van der Waals surface area contributed by atoms with E-state index in [-0.39, 0.29) is 12.1 Å². The predicted octanol–water partition coefficient (Wildman–Crippen LogP) is 3.02. The highest BCUT2D eigenvalue weighted by atomic mass is 16.5. The second kappa shape index (κ2) is 7.31. The quantitative estimate of drug-likeness (QED) is 0.701. The zero-order chi connectivity index (χ0) is 16.9. The Hall–Kier alpha value is -2.60. The fourth-order valence-electron chi connectivity index (χ4n) is 2.64. The second-order valence-corrected chi connectivity index (χ2v) is 5.89. The molecule has 1 aromatic carbocycles. The number of aromatic amines is 1. The molecule has 0 unspecified atom stereocenters. The van der Waals surface area contributed by atoms with Crippen molar-refractivity contribution in [3.05, 3.63) is 54.5 Å². The molecule has 2 atom stereocenters. The van der Waals surface area contributed by atoms with Crippen molar-refractivity contribution in [3.63, 3.8) is 0 Å². The van der Waals surface area contributed by atoms with Crippen molar-refractivity contribution in [3.8, 4) is 17.0 Å². The molecular formula is C18H23N5O. The van der Waals surface area contributed by atoms with Gasteiger partial charge in [-0.25, -0.2) is 0 Å². The highest BCUT2D eigenvalue weighted by molar-refractivity contribution is 5.63. The minimum absolute atomic E-state index is 0.274.